The lowest BCUT2D eigenvalue weighted by Gasteiger charge is -2.47. The third kappa shape index (κ3) is 6.71. The van der Waals surface area contributed by atoms with E-state index in [0.29, 0.717) is 29.0 Å². The molecule has 0 saturated carbocycles. The van der Waals surface area contributed by atoms with Crippen LogP contribution in [-0.2, 0) is 16.6 Å². The van der Waals surface area contributed by atoms with Crippen molar-refractivity contribution in [1.29, 1.82) is 0 Å². The van der Waals surface area contributed by atoms with Gasteiger partial charge < -0.3 is 20.4 Å². The number of aryl methyl sites for hydroxylation is 3. The topological polar surface area (TPSA) is 161 Å². The molecular formula is C42H45N11O4. The van der Waals surface area contributed by atoms with E-state index in [0.717, 1.165) is 89.2 Å². The Balaban J connectivity index is 0.769. The maximum atomic E-state index is 13.3. The van der Waals surface area contributed by atoms with Crippen LogP contribution in [0.5, 0.6) is 0 Å². The maximum Gasteiger partial charge on any atom is 0.262 e. The number of amides is 4. The Morgan fingerprint density at radius 1 is 0.842 bits per heavy atom. The summed E-state index contributed by atoms with van der Waals surface area (Å²) < 4.78 is 1.77. The molecule has 57 heavy (non-hydrogen) atoms. The van der Waals surface area contributed by atoms with Crippen molar-refractivity contribution < 1.29 is 19.2 Å². The molecule has 15 nitrogen and oxygen atoms in total. The highest BCUT2D eigenvalue weighted by Crippen LogP contribution is 2.34. The van der Waals surface area contributed by atoms with Gasteiger partial charge >= 0.3 is 0 Å². The summed E-state index contributed by atoms with van der Waals surface area (Å²) in [7, 11) is 1.89. The summed E-state index contributed by atoms with van der Waals surface area (Å²) in [4.78, 5) is 68.1. The summed E-state index contributed by atoms with van der Waals surface area (Å²) >= 11 is 0. The molecule has 3 aromatic carbocycles. The molecule has 1 unspecified atom stereocenters. The van der Waals surface area contributed by atoms with Crippen molar-refractivity contribution in [2.45, 2.75) is 45.7 Å². The molecule has 4 aliphatic rings. The Kier molecular flexibility index (Phi) is 9.11. The standard InChI is InChI=1S/C42H45N11O4/c1-24-6-5-7-25(2)36(24)46-37-33-19-43-42(47-38(33)49(4)48-37)44-28-8-10-29(11-9-28)51-17-16-50(26(3)20-51)21-27-22-52(23-27)30-12-13-31-32(18-30)41(57)53(40(31)56)34-14-15-35(54)45-39(34)55/h5-13,18-19,26-27,34H,14-17,20-23H2,1-4H3,(H,46,48)(H,43,44,47)(H,45,54,55)/t26-,34?/m1/s1. The van der Waals surface area contributed by atoms with Crippen molar-refractivity contribution in [2.75, 3.05) is 59.7 Å². The smallest absolute Gasteiger partial charge is 0.262 e. The number of aromatic nitrogens is 4. The first-order valence-corrected chi connectivity index (χ1v) is 19.5. The molecule has 2 aromatic heterocycles. The number of carbonyl (C=O) groups excluding carboxylic acids is 4. The van der Waals surface area contributed by atoms with Gasteiger partial charge in [-0.25, -0.2) is 9.67 Å². The van der Waals surface area contributed by atoms with Crippen LogP contribution in [-0.4, -0.2) is 105 Å². The average molecular weight is 768 g/mol. The van der Waals surface area contributed by atoms with E-state index in [4.69, 9.17) is 4.98 Å². The van der Waals surface area contributed by atoms with Gasteiger partial charge in [0, 0.05) is 93.6 Å². The maximum absolute atomic E-state index is 13.3. The van der Waals surface area contributed by atoms with E-state index in [1.165, 1.54) is 5.69 Å². The predicted molar refractivity (Wildman–Crippen MR) is 217 cm³/mol. The van der Waals surface area contributed by atoms with Gasteiger partial charge in [-0.3, -0.25) is 34.3 Å². The fraction of sp³-hybridized carbons (Fsp3) is 0.357. The quantitative estimate of drug-likeness (QED) is 0.180. The van der Waals surface area contributed by atoms with Crippen molar-refractivity contribution in [3.05, 3.63) is 89.1 Å². The second-order valence-electron chi connectivity index (χ2n) is 15.7. The molecule has 0 radical (unpaired) electrons. The van der Waals surface area contributed by atoms with E-state index in [1.807, 2.05) is 25.4 Å². The number of hydrogen-bond donors (Lipinski definition) is 3. The number of fused-ring (bicyclic) bond motifs is 2. The minimum absolute atomic E-state index is 0.0976. The summed E-state index contributed by atoms with van der Waals surface area (Å²) in [6, 6.07) is 19.4. The van der Waals surface area contributed by atoms with Gasteiger partial charge in [-0.1, -0.05) is 18.2 Å². The van der Waals surface area contributed by atoms with E-state index >= 15 is 0 Å². The molecule has 3 fully saturated rings. The minimum Gasteiger partial charge on any atom is -0.371 e. The van der Waals surface area contributed by atoms with E-state index in [9.17, 15) is 19.2 Å². The molecule has 5 aromatic rings. The first-order chi connectivity index (χ1) is 27.5. The second kappa shape index (κ2) is 14.3. The summed E-state index contributed by atoms with van der Waals surface area (Å²) in [5.41, 5.74) is 7.66. The largest absolute Gasteiger partial charge is 0.371 e. The number of rotatable bonds is 9. The number of anilines is 6. The van der Waals surface area contributed by atoms with Crippen LogP contribution in [0.3, 0.4) is 0 Å². The summed E-state index contributed by atoms with van der Waals surface area (Å²) in [5, 5.41) is 14.6. The predicted octanol–water partition coefficient (Wildman–Crippen LogP) is 4.52. The Labute approximate surface area is 330 Å². The first-order valence-electron chi connectivity index (χ1n) is 19.5. The zero-order valence-electron chi connectivity index (χ0n) is 32.5. The fourth-order valence-corrected chi connectivity index (χ4v) is 8.59. The van der Waals surface area contributed by atoms with Gasteiger partial charge in [0.15, 0.2) is 11.5 Å². The number of hydrogen-bond acceptors (Lipinski definition) is 12. The van der Waals surface area contributed by atoms with Crippen LogP contribution in [0.2, 0.25) is 0 Å². The number of nitrogens with one attached hydrogen (secondary N) is 3. The molecule has 6 heterocycles. The number of carbonyl (C=O) groups is 4. The van der Waals surface area contributed by atoms with Gasteiger partial charge in [-0.05, 0) is 80.8 Å². The number of para-hydroxylation sites is 1. The highest BCUT2D eigenvalue weighted by molar-refractivity contribution is 6.23. The number of imide groups is 2. The van der Waals surface area contributed by atoms with Gasteiger partial charge in [0.05, 0.1) is 16.5 Å². The minimum atomic E-state index is -0.965. The highest BCUT2D eigenvalue weighted by Gasteiger charge is 2.45. The Morgan fingerprint density at radius 3 is 2.32 bits per heavy atom. The zero-order chi connectivity index (χ0) is 39.5. The lowest BCUT2D eigenvalue weighted by molar-refractivity contribution is -0.136. The molecule has 3 N–H and O–H groups in total. The van der Waals surface area contributed by atoms with E-state index in [-0.39, 0.29) is 18.7 Å². The fourth-order valence-electron chi connectivity index (χ4n) is 8.59. The third-order valence-electron chi connectivity index (χ3n) is 11.8. The van der Waals surface area contributed by atoms with Crippen molar-refractivity contribution in [1.82, 2.24) is 34.9 Å². The molecule has 4 amide bonds. The molecule has 292 valence electrons. The van der Waals surface area contributed by atoms with Crippen molar-refractivity contribution in [2.24, 2.45) is 13.0 Å². The molecule has 0 aliphatic carbocycles. The third-order valence-corrected chi connectivity index (χ3v) is 11.8. The average Bonchev–Trinajstić information content (AvgIpc) is 3.62. The monoisotopic (exact) mass is 767 g/mol. The molecule has 0 bridgehead atoms. The molecular weight excluding hydrogens is 723 g/mol. The number of nitrogens with zero attached hydrogens (tertiary/aromatic N) is 8. The molecule has 3 saturated heterocycles. The van der Waals surface area contributed by atoms with Crippen LogP contribution >= 0.6 is 0 Å². The van der Waals surface area contributed by atoms with Crippen LogP contribution in [0.1, 0.15) is 51.6 Å². The molecule has 9 rings (SSSR count). The molecule has 2 atom stereocenters. The normalized spacial score (nSPS) is 20.2. The van der Waals surface area contributed by atoms with Gasteiger partial charge in [0.2, 0.25) is 17.8 Å². The summed E-state index contributed by atoms with van der Waals surface area (Å²) in [5.74, 6) is -0.232. The Bertz CT molecular complexity index is 2420. The number of piperazine rings is 1. The van der Waals surface area contributed by atoms with Crippen LogP contribution in [0.4, 0.5) is 34.5 Å². The van der Waals surface area contributed by atoms with Gasteiger partial charge in [0.1, 0.15) is 6.04 Å². The van der Waals surface area contributed by atoms with Gasteiger partial charge in [-0.2, -0.15) is 10.1 Å². The summed E-state index contributed by atoms with van der Waals surface area (Å²) in [6.45, 7) is 12.0. The van der Waals surface area contributed by atoms with Crippen LogP contribution < -0.4 is 25.8 Å². The van der Waals surface area contributed by atoms with E-state index in [2.05, 4.69) is 97.9 Å². The SMILES string of the molecule is Cc1cccc(C)c1Nc1nn(C)c2nc(Nc3ccc(N4CCN(CC5CN(c6ccc7c(c6)C(=O)N(C6CCC(=O)NC6=O)C7=O)C5)[C@H](C)C4)cc3)ncc12. The van der Waals surface area contributed by atoms with Crippen LogP contribution in [0.25, 0.3) is 11.0 Å². The second-order valence-corrected chi connectivity index (χ2v) is 15.7. The molecule has 15 heteroatoms. The first kappa shape index (κ1) is 36.3. The Hall–Kier alpha value is -6.35. The van der Waals surface area contributed by atoms with Crippen molar-refractivity contribution >= 4 is 69.2 Å². The number of benzene rings is 3. The highest BCUT2D eigenvalue weighted by atomic mass is 16.2. The van der Waals surface area contributed by atoms with E-state index in [1.54, 1.807) is 16.8 Å². The van der Waals surface area contributed by atoms with Crippen LogP contribution in [0.15, 0.2) is 66.9 Å². The van der Waals surface area contributed by atoms with Gasteiger partial charge in [0.25, 0.3) is 11.8 Å². The number of piperidine rings is 1. The van der Waals surface area contributed by atoms with Crippen LogP contribution in [0, 0.1) is 19.8 Å². The van der Waals surface area contributed by atoms with Crippen molar-refractivity contribution in [3.63, 3.8) is 0 Å². The Morgan fingerprint density at radius 2 is 1.58 bits per heavy atom. The van der Waals surface area contributed by atoms with Gasteiger partial charge in [-0.15, -0.1) is 0 Å². The lowest BCUT2D eigenvalue weighted by atomic mass is 9.96. The lowest BCUT2D eigenvalue weighted by Crippen LogP contribution is -2.57. The summed E-state index contributed by atoms with van der Waals surface area (Å²) in [6.07, 6.45) is 2.05. The van der Waals surface area contributed by atoms with E-state index < -0.39 is 23.8 Å². The van der Waals surface area contributed by atoms with Crippen molar-refractivity contribution in [3.8, 4) is 0 Å². The zero-order valence-corrected chi connectivity index (χ0v) is 32.5. The molecule has 0 spiro atoms. The molecule has 4 aliphatic heterocycles.